The first-order valence-electron chi connectivity index (χ1n) is 5.16. The number of anilines is 1. The van der Waals surface area contributed by atoms with E-state index in [1.54, 1.807) is 0 Å². The number of nitrogens with one attached hydrogen (secondary N) is 1. The first-order chi connectivity index (χ1) is 8.17. The maximum atomic E-state index is 11.0. The van der Waals surface area contributed by atoms with Crippen LogP contribution in [0.25, 0.3) is 0 Å². The van der Waals surface area contributed by atoms with E-state index in [0.717, 1.165) is 5.01 Å². The molecule has 0 spiro atoms. The summed E-state index contributed by atoms with van der Waals surface area (Å²) in [5, 5.41) is 11.8. The minimum Gasteiger partial charge on any atom is -0.299 e. The van der Waals surface area contributed by atoms with Crippen LogP contribution in [-0.2, 0) is 4.79 Å². The average molecular weight is 272 g/mol. The fraction of sp³-hybridized carbons (Fsp3) is 0.364. The second-order valence-electron chi connectivity index (χ2n) is 3.33. The Balaban J connectivity index is 2.64. The quantitative estimate of drug-likeness (QED) is 0.662. The molecule has 1 aromatic rings. The summed E-state index contributed by atoms with van der Waals surface area (Å²) in [6.45, 7) is 3.98. The summed E-state index contributed by atoms with van der Waals surface area (Å²) in [7, 11) is 0. The zero-order valence-corrected chi connectivity index (χ0v) is 11.3. The molecule has 17 heavy (non-hydrogen) atoms. The highest BCUT2D eigenvalue weighted by Gasteiger charge is 2.10. The van der Waals surface area contributed by atoms with Crippen LogP contribution in [-0.4, -0.2) is 22.0 Å². The van der Waals surface area contributed by atoms with Crippen LogP contribution in [0.15, 0.2) is 24.3 Å². The molecule has 1 N–H and O–H groups in total. The third kappa shape index (κ3) is 4.66. The molecule has 6 heteroatoms. The van der Waals surface area contributed by atoms with Gasteiger partial charge >= 0.3 is 0 Å². The van der Waals surface area contributed by atoms with Crippen LogP contribution in [0.5, 0.6) is 0 Å². The van der Waals surface area contributed by atoms with Crippen molar-refractivity contribution < 1.29 is 4.79 Å². The minimum absolute atomic E-state index is 0.0777. The largest absolute Gasteiger partial charge is 0.299 e. The van der Waals surface area contributed by atoms with E-state index in [4.69, 9.17) is 11.6 Å². The zero-order chi connectivity index (χ0) is 12.7. The van der Waals surface area contributed by atoms with Crippen LogP contribution < -0.4 is 5.32 Å². The molecule has 0 unspecified atom stereocenters. The Bertz CT molecular complexity index is 428. The summed E-state index contributed by atoms with van der Waals surface area (Å²) in [6.07, 6.45) is 7.89. The molecule has 1 amide bonds. The number of aromatic nitrogens is 2. The van der Waals surface area contributed by atoms with E-state index in [0.29, 0.717) is 5.13 Å². The number of hydrogen-bond acceptors (Lipinski definition) is 4. The number of amides is 1. The number of allylic oxidation sites excluding steroid dienone is 4. The average Bonchev–Trinajstić information content (AvgIpc) is 2.77. The van der Waals surface area contributed by atoms with Crippen molar-refractivity contribution in [3.05, 3.63) is 29.3 Å². The topological polar surface area (TPSA) is 54.9 Å². The molecular formula is C11H14ClN3OS. The molecule has 1 heterocycles. The highest BCUT2D eigenvalue weighted by molar-refractivity contribution is 7.15. The number of hydrogen-bond donors (Lipinski definition) is 1. The Labute approximate surface area is 109 Å². The third-order valence-electron chi connectivity index (χ3n) is 1.90. The van der Waals surface area contributed by atoms with E-state index in [-0.39, 0.29) is 17.7 Å². The lowest BCUT2D eigenvalue weighted by Crippen LogP contribution is -2.12. The summed E-state index contributed by atoms with van der Waals surface area (Å²) in [6, 6.07) is 0. The van der Waals surface area contributed by atoms with Crippen molar-refractivity contribution in [2.75, 3.05) is 11.2 Å². The first-order valence-corrected chi connectivity index (χ1v) is 6.51. The van der Waals surface area contributed by atoms with E-state index in [1.807, 2.05) is 38.2 Å². The molecule has 0 saturated carbocycles. The van der Waals surface area contributed by atoms with Crippen molar-refractivity contribution in [3.63, 3.8) is 0 Å². The smallest absolute Gasteiger partial charge is 0.241 e. The summed E-state index contributed by atoms with van der Waals surface area (Å²) < 4.78 is 0. The van der Waals surface area contributed by atoms with Gasteiger partial charge in [-0.3, -0.25) is 10.1 Å². The van der Waals surface area contributed by atoms with Crippen molar-refractivity contribution in [3.8, 4) is 0 Å². The summed E-state index contributed by atoms with van der Waals surface area (Å²) in [5.74, 6) is -0.178. The van der Waals surface area contributed by atoms with Gasteiger partial charge in [-0.2, -0.15) is 0 Å². The molecule has 0 saturated heterocycles. The van der Waals surface area contributed by atoms with Gasteiger partial charge in [-0.05, 0) is 6.92 Å². The first kappa shape index (κ1) is 13.9. The van der Waals surface area contributed by atoms with Gasteiger partial charge in [0.15, 0.2) is 0 Å². The van der Waals surface area contributed by atoms with Crippen LogP contribution in [0.3, 0.4) is 0 Å². The van der Waals surface area contributed by atoms with Crippen LogP contribution >= 0.6 is 22.9 Å². The molecule has 1 atom stereocenters. The monoisotopic (exact) mass is 271 g/mol. The number of halogens is 1. The summed E-state index contributed by atoms with van der Waals surface area (Å²) in [4.78, 5) is 11.0. The minimum atomic E-state index is -0.272. The van der Waals surface area contributed by atoms with E-state index in [1.165, 1.54) is 11.3 Å². The van der Waals surface area contributed by atoms with Crippen LogP contribution in [0.4, 0.5) is 5.13 Å². The fourth-order valence-corrected chi connectivity index (χ4v) is 1.90. The maximum absolute atomic E-state index is 11.0. The number of nitrogens with zero attached hydrogens (tertiary/aromatic N) is 2. The molecule has 0 aromatic carbocycles. The molecule has 0 fully saturated rings. The molecule has 0 aliphatic carbocycles. The summed E-state index contributed by atoms with van der Waals surface area (Å²) >= 11 is 6.74. The van der Waals surface area contributed by atoms with Gasteiger partial charge in [-0.1, -0.05) is 42.6 Å². The number of alkyl halides is 1. The van der Waals surface area contributed by atoms with Crippen LogP contribution in [0, 0.1) is 0 Å². The van der Waals surface area contributed by atoms with Crippen LogP contribution in [0.2, 0.25) is 0 Å². The second kappa shape index (κ2) is 7.19. The maximum Gasteiger partial charge on any atom is 0.241 e. The lowest BCUT2D eigenvalue weighted by Gasteiger charge is -1.98. The molecule has 0 bridgehead atoms. The number of carbonyl (C=O) groups is 1. The van der Waals surface area contributed by atoms with Crippen molar-refractivity contribution >= 4 is 34.0 Å². The number of carbonyl (C=O) groups excluding carboxylic acids is 1. The lowest BCUT2D eigenvalue weighted by molar-refractivity contribution is -0.113. The Morgan fingerprint density at radius 3 is 2.94 bits per heavy atom. The molecule has 0 aliphatic rings. The normalized spacial score (nSPS) is 13.4. The highest BCUT2D eigenvalue weighted by Crippen LogP contribution is 2.23. The zero-order valence-electron chi connectivity index (χ0n) is 9.68. The molecule has 1 aromatic heterocycles. The Hall–Kier alpha value is -1.20. The van der Waals surface area contributed by atoms with E-state index >= 15 is 0 Å². The van der Waals surface area contributed by atoms with Gasteiger partial charge in [-0.25, -0.2) is 0 Å². The second-order valence-corrected chi connectivity index (χ2v) is 4.60. The molecule has 0 radical (unpaired) electrons. The van der Waals surface area contributed by atoms with E-state index in [9.17, 15) is 4.79 Å². The van der Waals surface area contributed by atoms with Gasteiger partial charge in [0.2, 0.25) is 11.0 Å². The molecule has 1 rings (SSSR count). The Morgan fingerprint density at radius 2 is 2.29 bits per heavy atom. The van der Waals surface area contributed by atoms with Crippen molar-refractivity contribution in [1.82, 2.24) is 10.2 Å². The Kier molecular flexibility index (Phi) is 5.86. The lowest BCUT2D eigenvalue weighted by atomic mass is 10.2. The van der Waals surface area contributed by atoms with Gasteiger partial charge in [0, 0.05) is 5.92 Å². The Morgan fingerprint density at radius 1 is 1.53 bits per heavy atom. The third-order valence-corrected chi connectivity index (χ3v) is 3.18. The predicted octanol–water partition coefficient (Wildman–Crippen LogP) is 2.95. The van der Waals surface area contributed by atoms with Gasteiger partial charge in [0.05, 0.1) is 0 Å². The van der Waals surface area contributed by atoms with Crippen LogP contribution in [0.1, 0.15) is 24.8 Å². The fourth-order valence-electron chi connectivity index (χ4n) is 1.05. The van der Waals surface area contributed by atoms with Crippen molar-refractivity contribution in [1.29, 1.82) is 0 Å². The van der Waals surface area contributed by atoms with Gasteiger partial charge < -0.3 is 0 Å². The highest BCUT2D eigenvalue weighted by atomic mass is 35.5. The predicted molar refractivity (Wildman–Crippen MR) is 71.6 cm³/mol. The van der Waals surface area contributed by atoms with E-state index in [2.05, 4.69) is 15.5 Å². The SMILES string of the molecule is C/C=C\C=C/[C@H](C)c1nnc(NC(=O)CCl)s1. The molecule has 0 aliphatic heterocycles. The van der Waals surface area contributed by atoms with Gasteiger partial charge in [-0.15, -0.1) is 21.8 Å². The standard InChI is InChI=1S/C11H14ClN3OS/c1-3-4-5-6-8(2)10-14-15-11(17-10)13-9(16)7-12/h3-6,8H,7H2,1-2H3,(H,13,15,16)/b4-3-,6-5-/t8-/m0/s1. The van der Waals surface area contributed by atoms with Gasteiger partial charge in [0.1, 0.15) is 10.9 Å². The van der Waals surface area contributed by atoms with Gasteiger partial charge in [0.25, 0.3) is 0 Å². The molecule has 4 nitrogen and oxygen atoms in total. The molecular weight excluding hydrogens is 258 g/mol. The van der Waals surface area contributed by atoms with Crippen molar-refractivity contribution in [2.24, 2.45) is 0 Å². The molecule has 92 valence electrons. The van der Waals surface area contributed by atoms with E-state index < -0.39 is 0 Å². The number of rotatable bonds is 5. The van der Waals surface area contributed by atoms with Crippen molar-refractivity contribution in [2.45, 2.75) is 19.8 Å². The summed E-state index contributed by atoms with van der Waals surface area (Å²) in [5.41, 5.74) is 0.